The number of aryl methyl sites for hydroxylation is 2. The van der Waals surface area contributed by atoms with Crippen LogP contribution in [-0.2, 0) is 36.6 Å². The number of amides is 3. The minimum absolute atomic E-state index is 0.0236. The predicted molar refractivity (Wildman–Crippen MR) is 176 cm³/mol. The summed E-state index contributed by atoms with van der Waals surface area (Å²) in [5, 5.41) is 15.4. The fourth-order valence-electron chi connectivity index (χ4n) is 6.66. The number of hydrogen-bond donors (Lipinski definition) is 2. The predicted octanol–water partition coefficient (Wildman–Crippen LogP) is 3.64. The fourth-order valence-corrected chi connectivity index (χ4v) is 6.66. The third kappa shape index (κ3) is 5.83. The van der Waals surface area contributed by atoms with Crippen molar-refractivity contribution in [2.75, 3.05) is 20.7 Å². The monoisotopic (exact) mass is 621 g/mol. The number of aliphatic hydroxyl groups excluding tert-OH is 1. The number of aromatic nitrogens is 2. The van der Waals surface area contributed by atoms with Crippen LogP contribution in [0.3, 0.4) is 0 Å². The molecule has 3 aromatic carbocycles. The number of carbonyl (C=O) groups excluding carboxylic acids is 3. The average molecular weight is 622 g/mol. The molecule has 0 saturated carbocycles. The van der Waals surface area contributed by atoms with Crippen molar-refractivity contribution in [1.82, 2.24) is 24.3 Å². The summed E-state index contributed by atoms with van der Waals surface area (Å²) in [6.07, 6.45) is 3.19. The van der Waals surface area contributed by atoms with Crippen LogP contribution in [0.15, 0.2) is 85.2 Å². The largest absolute Gasteiger partial charge is 0.496 e. The Kier molecular flexibility index (Phi) is 8.55. The Hall–Kier alpha value is -5.09. The summed E-state index contributed by atoms with van der Waals surface area (Å²) in [5.74, 6) is -0.426. The van der Waals surface area contributed by atoms with Gasteiger partial charge < -0.3 is 34.1 Å². The molecule has 10 heteroatoms. The van der Waals surface area contributed by atoms with Gasteiger partial charge in [0.15, 0.2) is 0 Å². The fraction of sp³-hybridized carbons (Fsp3) is 0.306. The van der Waals surface area contributed by atoms with E-state index in [0.29, 0.717) is 11.3 Å². The summed E-state index contributed by atoms with van der Waals surface area (Å²) in [6, 6.07) is 21.1. The summed E-state index contributed by atoms with van der Waals surface area (Å²) in [4.78, 5) is 45.1. The highest BCUT2D eigenvalue weighted by Gasteiger charge is 2.41. The molecule has 3 atom stereocenters. The van der Waals surface area contributed by atoms with Crippen molar-refractivity contribution in [3.05, 3.63) is 102 Å². The first-order chi connectivity index (χ1) is 22.2. The number of benzene rings is 3. The first-order valence-corrected chi connectivity index (χ1v) is 15.4. The number of hydrogen-bond acceptors (Lipinski definition) is 5. The quantitative estimate of drug-likeness (QED) is 0.261. The van der Waals surface area contributed by atoms with Crippen LogP contribution in [0, 0.1) is 0 Å². The smallest absolute Gasteiger partial charge is 0.256 e. The average Bonchev–Trinajstić information content (AvgIpc) is 3.73. The third-order valence-electron chi connectivity index (χ3n) is 8.96. The molecule has 3 heterocycles. The van der Waals surface area contributed by atoms with Crippen molar-refractivity contribution in [2.45, 2.75) is 37.6 Å². The maximum absolute atomic E-state index is 14.1. The van der Waals surface area contributed by atoms with Gasteiger partial charge in [-0.15, -0.1) is 0 Å². The molecule has 0 spiro atoms. The number of rotatable bonds is 9. The van der Waals surface area contributed by atoms with Gasteiger partial charge in [-0.3, -0.25) is 14.4 Å². The van der Waals surface area contributed by atoms with Gasteiger partial charge in [-0.05, 0) is 23.8 Å². The van der Waals surface area contributed by atoms with Gasteiger partial charge in [-0.2, -0.15) is 0 Å². The van der Waals surface area contributed by atoms with Crippen LogP contribution >= 0.6 is 0 Å². The zero-order valence-corrected chi connectivity index (χ0v) is 26.5. The van der Waals surface area contributed by atoms with Gasteiger partial charge in [0.05, 0.1) is 18.8 Å². The maximum Gasteiger partial charge on any atom is 0.256 e. The lowest BCUT2D eigenvalue weighted by Gasteiger charge is -2.28. The highest BCUT2D eigenvalue weighted by Crippen LogP contribution is 2.28. The van der Waals surface area contributed by atoms with E-state index in [1.807, 2.05) is 102 Å². The summed E-state index contributed by atoms with van der Waals surface area (Å²) in [7, 11) is 7.11. The van der Waals surface area contributed by atoms with Gasteiger partial charge in [-0.1, -0.05) is 54.6 Å². The van der Waals surface area contributed by atoms with Crippen molar-refractivity contribution < 1.29 is 24.2 Å². The van der Waals surface area contributed by atoms with Crippen LogP contribution in [0.2, 0.25) is 0 Å². The molecule has 5 aromatic rings. The lowest BCUT2D eigenvalue weighted by molar-refractivity contribution is -0.136. The molecule has 1 aliphatic heterocycles. The third-order valence-corrected chi connectivity index (χ3v) is 8.96. The van der Waals surface area contributed by atoms with Gasteiger partial charge in [0, 0.05) is 86.8 Å². The zero-order chi connectivity index (χ0) is 32.5. The zero-order valence-electron chi connectivity index (χ0n) is 26.5. The van der Waals surface area contributed by atoms with E-state index < -0.39 is 24.1 Å². The Bertz CT molecular complexity index is 1930. The van der Waals surface area contributed by atoms with E-state index in [-0.39, 0.29) is 37.7 Å². The van der Waals surface area contributed by atoms with Crippen molar-refractivity contribution >= 4 is 39.5 Å². The minimum atomic E-state index is -0.941. The second-order valence-corrected chi connectivity index (χ2v) is 12.1. The molecule has 10 nitrogen and oxygen atoms in total. The molecule has 1 fully saturated rings. The van der Waals surface area contributed by atoms with E-state index in [9.17, 15) is 19.5 Å². The van der Waals surface area contributed by atoms with Gasteiger partial charge in [0.25, 0.3) is 5.91 Å². The normalized spacial score (nSPS) is 16.9. The number of nitrogens with one attached hydrogen (secondary N) is 1. The van der Waals surface area contributed by atoms with E-state index >= 15 is 0 Å². The van der Waals surface area contributed by atoms with Crippen molar-refractivity contribution in [3.8, 4) is 5.75 Å². The summed E-state index contributed by atoms with van der Waals surface area (Å²) >= 11 is 0. The Morgan fingerprint density at radius 3 is 2.28 bits per heavy atom. The first-order valence-electron chi connectivity index (χ1n) is 15.4. The van der Waals surface area contributed by atoms with Gasteiger partial charge in [-0.25, -0.2) is 0 Å². The number of β-amino-alcohol motifs (C(OH)–C–C–N with tert-alkyl or cyclic N) is 1. The molecule has 46 heavy (non-hydrogen) atoms. The Balaban J connectivity index is 1.29. The molecular weight excluding hydrogens is 582 g/mol. The molecule has 0 bridgehead atoms. The van der Waals surface area contributed by atoms with Crippen molar-refractivity contribution in [2.24, 2.45) is 14.1 Å². The number of methoxy groups -OCH3 is 1. The highest BCUT2D eigenvalue weighted by molar-refractivity contribution is 6.08. The number of nitrogens with zero attached hydrogens (tertiary/aromatic N) is 4. The lowest BCUT2D eigenvalue weighted by Crippen LogP contribution is -2.54. The number of aliphatic hydroxyl groups is 1. The SMILES string of the molecule is COc1ccccc1CN(C)C(=O)[C@@H](Cc1cn(C)c2ccccc12)NC(=O)C1CC(O)CN1C(=O)c1cn(C)c2ccccc12. The van der Waals surface area contributed by atoms with Crippen molar-refractivity contribution in [3.63, 3.8) is 0 Å². The van der Waals surface area contributed by atoms with Crippen molar-refractivity contribution in [1.29, 1.82) is 0 Å². The molecule has 0 aliphatic carbocycles. The lowest BCUT2D eigenvalue weighted by atomic mass is 10.0. The maximum atomic E-state index is 14.1. The molecular formula is C36H39N5O5. The summed E-state index contributed by atoms with van der Waals surface area (Å²) < 4.78 is 9.38. The number of para-hydroxylation sites is 3. The number of likely N-dealkylation sites (N-methyl/N-ethyl adjacent to an activating group) is 1. The Morgan fingerprint density at radius 2 is 1.54 bits per heavy atom. The van der Waals surface area contributed by atoms with E-state index in [4.69, 9.17) is 4.74 Å². The van der Waals surface area contributed by atoms with Gasteiger partial charge in [0.1, 0.15) is 17.8 Å². The van der Waals surface area contributed by atoms with Crippen LogP contribution in [0.25, 0.3) is 21.8 Å². The molecule has 3 amide bonds. The molecule has 6 rings (SSSR count). The number of likely N-dealkylation sites (tertiary alicyclic amines) is 1. The molecule has 2 aromatic heterocycles. The molecule has 1 aliphatic rings. The molecule has 2 unspecified atom stereocenters. The number of fused-ring (bicyclic) bond motifs is 2. The second kappa shape index (κ2) is 12.7. The molecule has 0 radical (unpaired) electrons. The number of ether oxygens (including phenoxy) is 1. The highest BCUT2D eigenvalue weighted by atomic mass is 16.5. The standard InChI is InChI=1S/C36H39N5O5/c1-38-20-24(26-12-6-8-14-30(26)38)17-29(36(45)40(3)19-23-11-5-10-16-33(23)46-4)37-34(43)32-18-25(42)21-41(32)35(44)28-22-39(2)31-15-9-7-13-27(28)31/h5-16,20,22,25,29,32,42H,17-19,21H2,1-4H3,(H,37,43)/t25?,29-,32?/m1/s1. The van der Waals surface area contributed by atoms with Gasteiger partial charge in [0.2, 0.25) is 11.8 Å². The van der Waals surface area contributed by atoms with Crippen LogP contribution in [-0.4, -0.2) is 80.7 Å². The van der Waals surface area contributed by atoms with E-state index in [1.54, 1.807) is 25.3 Å². The van der Waals surface area contributed by atoms with Crippen LogP contribution in [0.5, 0.6) is 5.75 Å². The molecule has 2 N–H and O–H groups in total. The van der Waals surface area contributed by atoms with Gasteiger partial charge >= 0.3 is 0 Å². The summed E-state index contributed by atoms with van der Waals surface area (Å²) in [6.45, 7) is 0.300. The van der Waals surface area contributed by atoms with Crippen LogP contribution in [0.4, 0.5) is 0 Å². The van der Waals surface area contributed by atoms with E-state index in [1.165, 1.54) is 4.90 Å². The topological polar surface area (TPSA) is 109 Å². The molecule has 238 valence electrons. The Labute approximate surface area is 267 Å². The Morgan fingerprint density at radius 1 is 0.913 bits per heavy atom. The second-order valence-electron chi connectivity index (χ2n) is 12.1. The van der Waals surface area contributed by atoms with Crippen LogP contribution < -0.4 is 10.1 Å². The molecule has 1 saturated heterocycles. The number of carbonyl (C=O) groups is 3. The van der Waals surface area contributed by atoms with Crippen LogP contribution in [0.1, 0.15) is 27.9 Å². The summed E-state index contributed by atoms with van der Waals surface area (Å²) in [5.41, 5.74) is 4.12. The van der Waals surface area contributed by atoms with E-state index in [2.05, 4.69) is 5.32 Å². The first kappa shape index (κ1) is 30.9. The minimum Gasteiger partial charge on any atom is -0.496 e. The van der Waals surface area contributed by atoms with E-state index in [0.717, 1.165) is 32.9 Å².